The fourth-order valence-corrected chi connectivity index (χ4v) is 2.03. The molecular weight excluding hydrogens is 228 g/mol. The molecule has 2 atom stereocenters. The maximum Gasteiger partial charge on any atom is 0.332 e. The van der Waals surface area contributed by atoms with Gasteiger partial charge in [0.15, 0.2) is 6.10 Å². The molecule has 0 aromatic carbocycles. The number of hydrogen-bond donors (Lipinski definition) is 2. The number of carbonyl (C=O) groups is 3. The van der Waals surface area contributed by atoms with Crippen molar-refractivity contribution in [3.05, 3.63) is 0 Å². The molecule has 2 aliphatic rings. The van der Waals surface area contributed by atoms with E-state index in [0.29, 0.717) is 25.9 Å². The summed E-state index contributed by atoms with van der Waals surface area (Å²) in [7, 11) is 0. The number of carbonyl (C=O) groups excluding carboxylic acids is 2. The van der Waals surface area contributed by atoms with Gasteiger partial charge in [0.05, 0.1) is 6.54 Å². The van der Waals surface area contributed by atoms with Gasteiger partial charge in [-0.1, -0.05) is 0 Å². The molecule has 7 heteroatoms. The van der Waals surface area contributed by atoms with Crippen molar-refractivity contribution in [2.24, 2.45) is 0 Å². The summed E-state index contributed by atoms with van der Waals surface area (Å²) in [6.07, 6.45) is -0.885. The smallest absolute Gasteiger partial charge is 0.332 e. The van der Waals surface area contributed by atoms with Gasteiger partial charge in [-0.3, -0.25) is 9.59 Å². The highest BCUT2D eigenvalue weighted by molar-refractivity contribution is 5.88. The predicted octanol–water partition coefficient (Wildman–Crippen LogP) is -1.42. The van der Waals surface area contributed by atoms with E-state index in [4.69, 9.17) is 9.84 Å². The Kier molecular flexibility index (Phi) is 3.28. The maximum atomic E-state index is 11.9. The zero-order chi connectivity index (χ0) is 12.4. The summed E-state index contributed by atoms with van der Waals surface area (Å²) in [5.74, 6) is -1.53. The number of carboxylic acid groups (broad SMARTS) is 1. The molecule has 2 saturated heterocycles. The van der Waals surface area contributed by atoms with Crippen LogP contribution < -0.4 is 5.32 Å². The van der Waals surface area contributed by atoms with Gasteiger partial charge in [-0.25, -0.2) is 4.79 Å². The van der Waals surface area contributed by atoms with Crippen molar-refractivity contribution < 1.29 is 24.2 Å². The van der Waals surface area contributed by atoms with Crippen LogP contribution in [0.25, 0.3) is 0 Å². The molecule has 17 heavy (non-hydrogen) atoms. The van der Waals surface area contributed by atoms with Crippen molar-refractivity contribution in [3.8, 4) is 0 Å². The lowest BCUT2D eigenvalue weighted by Crippen LogP contribution is -2.52. The lowest BCUT2D eigenvalue weighted by molar-refractivity contribution is -0.156. The van der Waals surface area contributed by atoms with E-state index in [1.54, 1.807) is 0 Å². The van der Waals surface area contributed by atoms with Crippen LogP contribution in [-0.2, 0) is 19.1 Å². The number of ether oxygens (including phenoxy) is 1. The molecule has 0 aromatic rings. The summed E-state index contributed by atoms with van der Waals surface area (Å²) in [5.41, 5.74) is 0. The molecule has 0 radical (unpaired) electrons. The summed E-state index contributed by atoms with van der Waals surface area (Å²) >= 11 is 0. The zero-order valence-electron chi connectivity index (χ0n) is 9.22. The predicted molar refractivity (Wildman–Crippen MR) is 55.1 cm³/mol. The van der Waals surface area contributed by atoms with Crippen LogP contribution in [0, 0.1) is 0 Å². The van der Waals surface area contributed by atoms with Crippen LogP contribution in [-0.4, -0.2) is 59.6 Å². The van der Waals surface area contributed by atoms with Crippen LogP contribution in [0.15, 0.2) is 0 Å². The third kappa shape index (κ3) is 2.55. The van der Waals surface area contributed by atoms with Crippen LogP contribution in [0.4, 0.5) is 0 Å². The number of carboxylic acids is 1. The number of amides is 2. The van der Waals surface area contributed by atoms with Crippen molar-refractivity contribution in [3.63, 3.8) is 0 Å². The van der Waals surface area contributed by atoms with Crippen molar-refractivity contribution in [1.82, 2.24) is 10.2 Å². The highest BCUT2D eigenvalue weighted by Crippen LogP contribution is 2.21. The molecule has 2 fully saturated rings. The zero-order valence-corrected chi connectivity index (χ0v) is 9.22. The Morgan fingerprint density at radius 1 is 1.35 bits per heavy atom. The molecule has 0 saturated carbocycles. The monoisotopic (exact) mass is 242 g/mol. The van der Waals surface area contributed by atoms with Gasteiger partial charge in [0, 0.05) is 13.1 Å². The first kappa shape index (κ1) is 11.8. The molecule has 2 aliphatic heterocycles. The number of rotatable bonds is 2. The van der Waals surface area contributed by atoms with Crippen LogP contribution in [0.2, 0.25) is 0 Å². The average Bonchev–Trinajstić information content (AvgIpc) is 2.77. The minimum Gasteiger partial charge on any atom is -0.479 e. The minimum atomic E-state index is -1.04. The van der Waals surface area contributed by atoms with Gasteiger partial charge < -0.3 is 20.1 Å². The van der Waals surface area contributed by atoms with Crippen LogP contribution in [0.3, 0.4) is 0 Å². The van der Waals surface area contributed by atoms with Crippen molar-refractivity contribution in [2.75, 3.05) is 19.6 Å². The first-order valence-corrected chi connectivity index (χ1v) is 5.51. The van der Waals surface area contributed by atoms with Gasteiger partial charge in [-0.05, 0) is 12.8 Å². The number of hydrogen-bond acceptors (Lipinski definition) is 4. The third-order valence-electron chi connectivity index (χ3n) is 2.92. The Hall–Kier alpha value is -1.63. The van der Waals surface area contributed by atoms with Crippen molar-refractivity contribution in [1.29, 1.82) is 0 Å². The second-order valence-electron chi connectivity index (χ2n) is 4.14. The topological polar surface area (TPSA) is 95.9 Å². The SMILES string of the molecule is O=C1CN(C(=O)C2CCC(C(=O)O)O2)CCN1. The molecular formula is C10H14N2O5. The second kappa shape index (κ2) is 4.70. The molecule has 94 valence electrons. The van der Waals surface area contributed by atoms with E-state index < -0.39 is 18.2 Å². The second-order valence-corrected chi connectivity index (χ2v) is 4.14. The lowest BCUT2D eigenvalue weighted by atomic mass is 10.1. The third-order valence-corrected chi connectivity index (χ3v) is 2.92. The first-order valence-electron chi connectivity index (χ1n) is 5.51. The largest absolute Gasteiger partial charge is 0.479 e. The molecule has 0 spiro atoms. The number of aliphatic carboxylic acids is 1. The highest BCUT2D eigenvalue weighted by atomic mass is 16.5. The lowest BCUT2D eigenvalue weighted by Gasteiger charge is -2.28. The quantitative estimate of drug-likeness (QED) is 0.619. The standard InChI is InChI=1S/C10H14N2O5/c13-8-5-12(4-3-11-8)9(14)6-1-2-7(17-6)10(15)16/h6-7H,1-5H2,(H,11,13)(H,15,16). The Morgan fingerprint density at radius 2 is 2.06 bits per heavy atom. The Bertz CT molecular complexity index is 357. The fraction of sp³-hybridized carbons (Fsp3) is 0.700. The molecule has 2 heterocycles. The Balaban J connectivity index is 1.92. The summed E-state index contributed by atoms with van der Waals surface area (Å²) in [6, 6.07) is 0. The minimum absolute atomic E-state index is 0.0242. The summed E-state index contributed by atoms with van der Waals surface area (Å²) < 4.78 is 5.15. The molecule has 7 nitrogen and oxygen atoms in total. The Morgan fingerprint density at radius 3 is 2.65 bits per heavy atom. The first-order chi connectivity index (χ1) is 8.08. The van der Waals surface area contributed by atoms with Gasteiger partial charge in [0.1, 0.15) is 6.10 Å². The normalized spacial score (nSPS) is 28.9. The molecule has 2 unspecified atom stereocenters. The van der Waals surface area contributed by atoms with Crippen molar-refractivity contribution in [2.45, 2.75) is 25.0 Å². The van der Waals surface area contributed by atoms with E-state index >= 15 is 0 Å². The van der Waals surface area contributed by atoms with E-state index in [0.717, 1.165) is 0 Å². The maximum absolute atomic E-state index is 11.9. The number of nitrogens with one attached hydrogen (secondary N) is 1. The van der Waals surface area contributed by atoms with Crippen LogP contribution >= 0.6 is 0 Å². The van der Waals surface area contributed by atoms with E-state index in [1.165, 1.54) is 4.90 Å². The van der Waals surface area contributed by atoms with Gasteiger partial charge in [0.25, 0.3) is 5.91 Å². The number of nitrogens with zero attached hydrogens (tertiary/aromatic N) is 1. The van der Waals surface area contributed by atoms with Crippen LogP contribution in [0.5, 0.6) is 0 Å². The van der Waals surface area contributed by atoms with Crippen molar-refractivity contribution >= 4 is 17.8 Å². The van der Waals surface area contributed by atoms with Gasteiger partial charge >= 0.3 is 5.97 Å². The van der Waals surface area contributed by atoms with Gasteiger partial charge in [-0.2, -0.15) is 0 Å². The van der Waals surface area contributed by atoms with E-state index in [-0.39, 0.29) is 18.4 Å². The average molecular weight is 242 g/mol. The van der Waals surface area contributed by atoms with E-state index in [1.807, 2.05) is 0 Å². The summed E-state index contributed by atoms with van der Waals surface area (Å²) in [6.45, 7) is 0.901. The molecule has 0 aliphatic carbocycles. The summed E-state index contributed by atoms with van der Waals surface area (Å²) in [4.78, 5) is 35.2. The Labute approximate surface area is 97.7 Å². The summed E-state index contributed by atoms with van der Waals surface area (Å²) in [5, 5.41) is 11.4. The highest BCUT2D eigenvalue weighted by Gasteiger charge is 2.37. The molecule has 0 aromatic heterocycles. The molecule has 2 rings (SSSR count). The molecule has 2 N–H and O–H groups in total. The van der Waals surface area contributed by atoms with Gasteiger partial charge in [-0.15, -0.1) is 0 Å². The fourth-order valence-electron chi connectivity index (χ4n) is 2.03. The van der Waals surface area contributed by atoms with Gasteiger partial charge in [0.2, 0.25) is 5.91 Å². The molecule has 0 bridgehead atoms. The van der Waals surface area contributed by atoms with E-state index in [9.17, 15) is 14.4 Å². The molecule has 2 amide bonds. The number of piperazine rings is 1. The van der Waals surface area contributed by atoms with E-state index in [2.05, 4.69) is 5.32 Å². The van der Waals surface area contributed by atoms with Crippen LogP contribution in [0.1, 0.15) is 12.8 Å².